The third-order valence-electron chi connectivity index (χ3n) is 3.52. The number of H-pyrrole nitrogens is 1. The van der Waals surface area contributed by atoms with E-state index in [1.54, 1.807) is 7.11 Å². The molecule has 2 aromatic carbocycles. The molecule has 0 spiro atoms. The lowest BCUT2D eigenvalue weighted by Gasteiger charge is -2.09. The van der Waals surface area contributed by atoms with Gasteiger partial charge >= 0.3 is 0 Å². The summed E-state index contributed by atoms with van der Waals surface area (Å²) in [5.41, 5.74) is 2.07. The maximum atomic E-state index is 5.34. The summed E-state index contributed by atoms with van der Waals surface area (Å²) in [6.45, 7) is 0.763. The van der Waals surface area contributed by atoms with Gasteiger partial charge in [-0.15, -0.1) is 0 Å². The lowest BCUT2D eigenvalue weighted by Crippen LogP contribution is -2.09. The molecule has 118 valence electrons. The van der Waals surface area contributed by atoms with Crippen LogP contribution in [0.3, 0.4) is 0 Å². The normalized spacial score (nSPS) is 10.5. The molecule has 0 fully saturated rings. The Morgan fingerprint density at radius 1 is 1.13 bits per heavy atom. The first-order valence-corrected chi connectivity index (χ1v) is 7.78. The van der Waals surface area contributed by atoms with Crippen molar-refractivity contribution in [3.8, 4) is 11.4 Å². The lowest BCUT2D eigenvalue weighted by molar-refractivity contribution is 0.415. The van der Waals surface area contributed by atoms with Gasteiger partial charge in [-0.25, -0.2) is 0 Å². The van der Waals surface area contributed by atoms with Crippen LogP contribution in [0, 0.1) is 4.77 Å². The number of ether oxygens (including phenoxy) is 1. The Morgan fingerprint density at radius 2 is 1.87 bits per heavy atom. The SMILES string of the molecule is COc1ccc(NCCc2n[nH]c(=S)n2-c2ccccc2)cc1. The predicted octanol–water partition coefficient (Wildman–Crippen LogP) is 3.59. The van der Waals surface area contributed by atoms with Crippen molar-refractivity contribution < 1.29 is 4.74 Å². The van der Waals surface area contributed by atoms with Gasteiger partial charge in [-0.05, 0) is 48.6 Å². The summed E-state index contributed by atoms with van der Waals surface area (Å²) in [4.78, 5) is 0. The van der Waals surface area contributed by atoms with Crippen molar-refractivity contribution in [2.24, 2.45) is 0 Å². The van der Waals surface area contributed by atoms with Crippen LogP contribution in [-0.4, -0.2) is 28.4 Å². The third kappa shape index (κ3) is 3.60. The van der Waals surface area contributed by atoms with Crippen molar-refractivity contribution in [3.05, 3.63) is 65.2 Å². The highest BCUT2D eigenvalue weighted by Crippen LogP contribution is 2.15. The molecule has 0 aliphatic heterocycles. The minimum atomic E-state index is 0.607. The molecule has 23 heavy (non-hydrogen) atoms. The number of nitrogens with zero attached hydrogens (tertiary/aromatic N) is 2. The van der Waals surface area contributed by atoms with Crippen molar-refractivity contribution in [3.63, 3.8) is 0 Å². The molecule has 0 aliphatic carbocycles. The predicted molar refractivity (Wildman–Crippen MR) is 93.9 cm³/mol. The van der Waals surface area contributed by atoms with Gasteiger partial charge in [-0.2, -0.15) is 5.10 Å². The average molecular weight is 326 g/mol. The Hall–Kier alpha value is -2.60. The molecule has 6 heteroatoms. The zero-order valence-corrected chi connectivity index (χ0v) is 13.6. The summed E-state index contributed by atoms with van der Waals surface area (Å²) in [6, 6.07) is 17.9. The van der Waals surface area contributed by atoms with Crippen LogP contribution >= 0.6 is 12.2 Å². The van der Waals surface area contributed by atoms with Crippen LogP contribution in [0.4, 0.5) is 5.69 Å². The summed E-state index contributed by atoms with van der Waals surface area (Å²) in [6.07, 6.45) is 0.758. The standard InChI is InChI=1S/C17H18N4OS/c1-22-15-9-7-13(8-10-15)18-12-11-16-19-20-17(23)21(16)14-5-3-2-4-6-14/h2-10,18H,11-12H2,1H3,(H,20,23). The molecule has 0 saturated carbocycles. The molecule has 5 nitrogen and oxygen atoms in total. The van der Waals surface area contributed by atoms with Gasteiger partial charge in [0.1, 0.15) is 11.6 Å². The van der Waals surface area contributed by atoms with Gasteiger partial charge in [0, 0.05) is 24.3 Å². The Kier molecular flexibility index (Phi) is 4.73. The number of aromatic amines is 1. The minimum absolute atomic E-state index is 0.607. The van der Waals surface area contributed by atoms with Crippen LogP contribution in [0.5, 0.6) is 5.75 Å². The Labute approximate surface area is 139 Å². The smallest absolute Gasteiger partial charge is 0.199 e. The fraction of sp³-hybridized carbons (Fsp3) is 0.176. The van der Waals surface area contributed by atoms with Crippen LogP contribution in [0.2, 0.25) is 0 Å². The van der Waals surface area contributed by atoms with E-state index in [-0.39, 0.29) is 0 Å². The first-order chi connectivity index (χ1) is 11.3. The van der Waals surface area contributed by atoms with E-state index >= 15 is 0 Å². The van der Waals surface area contributed by atoms with E-state index in [0.29, 0.717) is 4.77 Å². The molecule has 0 saturated heterocycles. The number of anilines is 1. The molecule has 3 rings (SSSR count). The largest absolute Gasteiger partial charge is 0.497 e. The molecule has 0 unspecified atom stereocenters. The van der Waals surface area contributed by atoms with Crippen molar-refractivity contribution in [2.75, 3.05) is 19.0 Å². The lowest BCUT2D eigenvalue weighted by atomic mass is 10.3. The van der Waals surface area contributed by atoms with E-state index in [1.165, 1.54) is 0 Å². The van der Waals surface area contributed by atoms with Crippen LogP contribution in [0.25, 0.3) is 5.69 Å². The molecular weight excluding hydrogens is 308 g/mol. The van der Waals surface area contributed by atoms with Crippen LogP contribution in [-0.2, 0) is 6.42 Å². The van der Waals surface area contributed by atoms with Crippen LogP contribution < -0.4 is 10.1 Å². The van der Waals surface area contributed by atoms with Crippen molar-refractivity contribution in [1.29, 1.82) is 0 Å². The van der Waals surface area contributed by atoms with Crippen molar-refractivity contribution in [1.82, 2.24) is 14.8 Å². The van der Waals surface area contributed by atoms with Crippen LogP contribution in [0.1, 0.15) is 5.82 Å². The Balaban J connectivity index is 1.68. The van der Waals surface area contributed by atoms with Gasteiger partial charge in [0.2, 0.25) is 0 Å². The average Bonchev–Trinajstić information content (AvgIpc) is 2.97. The van der Waals surface area contributed by atoms with Crippen molar-refractivity contribution >= 4 is 17.9 Å². The highest BCUT2D eigenvalue weighted by atomic mass is 32.1. The fourth-order valence-electron chi connectivity index (χ4n) is 2.37. The monoisotopic (exact) mass is 326 g/mol. The summed E-state index contributed by atoms with van der Waals surface area (Å²) >= 11 is 5.34. The Bertz CT molecular complexity index is 809. The minimum Gasteiger partial charge on any atom is -0.497 e. The van der Waals surface area contributed by atoms with Crippen molar-refractivity contribution in [2.45, 2.75) is 6.42 Å². The van der Waals surface area contributed by atoms with E-state index < -0.39 is 0 Å². The first kappa shape index (κ1) is 15.3. The van der Waals surface area contributed by atoms with E-state index in [2.05, 4.69) is 15.5 Å². The number of hydrogen-bond acceptors (Lipinski definition) is 4. The molecule has 2 N–H and O–H groups in total. The van der Waals surface area contributed by atoms with E-state index in [4.69, 9.17) is 17.0 Å². The number of rotatable bonds is 6. The number of methoxy groups -OCH3 is 1. The number of hydrogen-bond donors (Lipinski definition) is 2. The molecular formula is C17H18N4OS. The maximum absolute atomic E-state index is 5.34. The van der Waals surface area contributed by atoms with Gasteiger partial charge in [0.15, 0.2) is 4.77 Å². The number of para-hydroxylation sites is 1. The van der Waals surface area contributed by atoms with Gasteiger partial charge in [0.05, 0.1) is 7.11 Å². The van der Waals surface area contributed by atoms with Gasteiger partial charge in [0.25, 0.3) is 0 Å². The quantitative estimate of drug-likeness (QED) is 0.680. The molecule has 0 atom stereocenters. The zero-order valence-electron chi connectivity index (χ0n) is 12.8. The molecule has 3 aromatic rings. The third-order valence-corrected chi connectivity index (χ3v) is 3.80. The first-order valence-electron chi connectivity index (χ1n) is 7.37. The summed E-state index contributed by atoms with van der Waals surface area (Å²) in [7, 11) is 1.66. The number of nitrogens with one attached hydrogen (secondary N) is 2. The second kappa shape index (κ2) is 7.11. The van der Waals surface area contributed by atoms with E-state index in [1.807, 2.05) is 59.2 Å². The molecule has 1 aromatic heterocycles. The summed E-state index contributed by atoms with van der Waals surface area (Å²) < 4.78 is 7.72. The van der Waals surface area contributed by atoms with Crippen LogP contribution in [0.15, 0.2) is 54.6 Å². The molecule has 0 bridgehead atoms. The van der Waals surface area contributed by atoms with E-state index in [9.17, 15) is 0 Å². The number of benzene rings is 2. The van der Waals surface area contributed by atoms with Gasteiger partial charge in [-0.3, -0.25) is 9.67 Å². The molecule has 0 aliphatic rings. The second-order valence-electron chi connectivity index (χ2n) is 5.02. The Morgan fingerprint density at radius 3 is 2.57 bits per heavy atom. The highest BCUT2D eigenvalue weighted by molar-refractivity contribution is 7.71. The number of aromatic nitrogens is 3. The second-order valence-corrected chi connectivity index (χ2v) is 5.41. The van der Waals surface area contributed by atoms with E-state index in [0.717, 1.165) is 35.9 Å². The summed E-state index contributed by atoms with van der Waals surface area (Å²) in [5, 5.41) is 10.6. The fourth-order valence-corrected chi connectivity index (χ4v) is 2.62. The van der Waals surface area contributed by atoms with Gasteiger partial charge in [-0.1, -0.05) is 18.2 Å². The summed E-state index contributed by atoms with van der Waals surface area (Å²) in [5.74, 6) is 1.75. The molecule has 1 heterocycles. The topological polar surface area (TPSA) is 54.9 Å². The molecule has 0 radical (unpaired) electrons. The maximum Gasteiger partial charge on any atom is 0.199 e. The highest BCUT2D eigenvalue weighted by Gasteiger charge is 2.07. The van der Waals surface area contributed by atoms with Gasteiger partial charge < -0.3 is 10.1 Å². The molecule has 0 amide bonds. The zero-order chi connectivity index (χ0) is 16.1.